The third-order valence-corrected chi connectivity index (χ3v) is 3.44. The van der Waals surface area contributed by atoms with E-state index in [1.54, 1.807) is 24.3 Å². The number of alkyl carbamates (subject to hydrolysis) is 1. The predicted octanol–water partition coefficient (Wildman–Crippen LogP) is 4.12. The van der Waals surface area contributed by atoms with E-state index < -0.39 is 11.7 Å². The number of hydrogen-bond donors (Lipinski definition) is 4. The van der Waals surface area contributed by atoms with Gasteiger partial charge in [0.05, 0.1) is 23.4 Å². The number of anilines is 2. The minimum Gasteiger partial charge on any atom is -0.448 e. The molecule has 0 unspecified atom stereocenters. The van der Waals surface area contributed by atoms with E-state index in [2.05, 4.69) is 15.4 Å². The number of alkyl halides is 3. The molecular formula is C18H17F3N4O3. The van der Waals surface area contributed by atoms with E-state index in [9.17, 15) is 18.0 Å². The van der Waals surface area contributed by atoms with Gasteiger partial charge in [0.25, 0.3) is 0 Å². The Balaban J connectivity index is 0.000000397. The molecule has 10 heteroatoms. The SMILES string of the molecule is N=COC(=N)c1ccccc1Nc1ccc(C(F)(F)F)cc1.O=C1NCCO1. The maximum absolute atomic E-state index is 12.5. The van der Waals surface area contributed by atoms with Gasteiger partial charge in [0, 0.05) is 5.69 Å². The summed E-state index contributed by atoms with van der Waals surface area (Å²) in [6.07, 6.45) is -4.04. The molecule has 0 aliphatic carbocycles. The molecule has 148 valence electrons. The van der Waals surface area contributed by atoms with Gasteiger partial charge in [-0.25, -0.2) is 4.79 Å². The van der Waals surface area contributed by atoms with E-state index in [-0.39, 0.29) is 12.0 Å². The van der Waals surface area contributed by atoms with Gasteiger partial charge in [0.1, 0.15) is 6.61 Å². The molecule has 4 N–H and O–H groups in total. The fourth-order valence-electron chi connectivity index (χ4n) is 2.16. The molecule has 2 aromatic rings. The summed E-state index contributed by atoms with van der Waals surface area (Å²) in [5.74, 6) is -0.231. The van der Waals surface area contributed by atoms with Crippen LogP contribution in [0.15, 0.2) is 48.5 Å². The Morgan fingerprint density at radius 2 is 1.86 bits per heavy atom. The Kier molecular flexibility index (Phi) is 6.96. The fourth-order valence-corrected chi connectivity index (χ4v) is 2.16. The van der Waals surface area contributed by atoms with Crippen molar-refractivity contribution in [2.75, 3.05) is 18.5 Å². The number of nitrogens with one attached hydrogen (secondary N) is 4. The van der Waals surface area contributed by atoms with E-state index >= 15 is 0 Å². The Labute approximate surface area is 158 Å². The number of hydrogen-bond acceptors (Lipinski definition) is 6. The number of cyclic esters (lactones) is 1. The third-order valence-electron chi connectivity index (χ3n) is 3.44. The number of carbonyl (C=O) groups is 1. The van der Waals surface area contributed by atoms with Crippen molar-refractivity contribution in [1.82, 2.24) is 5.32 Å². The summed E-state index contributed by atoms with van der Waals surface area (Å²) in [7, 11) is 0. The second kappa shape index (κ2) is 9.40. The molecule has 7 nitrogen and oxygen atoms in total. The lowest BCUT2D eigenvalue weighted by atomic mass is 10.1. The van der Waals surface area contributed by atoms with Crippen LogP contribution in [0.5, 0.6) is 0 Å². The van der Waals surface area contributed by atoms with Gasteiger partial charge in [-0.05, 0) is 36.4 Å². The maximum atomic E-state index is 12.5. The van der Waals surface area contributed by atoms with Crippen LogP contribution in [0.1, 0.15) is 11.1 Å². The second-order valence-electron chi connectivity index (χ2n) is 5.37. The van der Waals surface area contributed by atoms with Gasteiger partial charge < -0.3 is 20.1 Å². The summed E-state index contributed by atoms with van der Waals surface area (Å²) < 4.78 is 46.7. The molecule has 1 aliphatic heterocycles. The van der Waals surface area contributed by atoms with Gasteiger partial charge >= 0.3 is 12.3 Å². The van der Waals surface area contributed by atoms with E-state index in [0.29, 0.717) is 36.5 Å². The van der Waals surface area contributed by atoms with Crippen molar-refractivity contribution in [3.05, 3.63) is 59.7 Å². The lowest BCUT2D eigenvalue weighted by Gasteiger charge is -2.13. The summed E-state index contributed by atoms with van der Waals surface area (Å²) in [5.41, 5.74) is 0.606. The van der Waals surface area contributed by atoms with Crippen LogP contribution in [0.4, 0.5) is 29.3 Å². The first-order chi connectivity index (χ1) is 13.3. The normalized spacial score (nSPS) is 12.8. The zero-order chi connectivity index (χ0) is 20.6. The number of rotatable bonds is 4. The van der Waals surface area contributed by atoms with E-state index in [0.717, 1.165) is 12.1 Å². The minimum atomic E-state index is -4.38. The molecular weight excluding hydrogens is 377 g/mol. The molecule has 0 aromatic heterocycles. The largest absolute Gasteiger partial charge is 0.448 e. The fraction of sp³-hybridized carbons (Fsp3) is 0.167. The molecule has 2 aromatic carbocycles. The molecule has 0 bridgehead atoms. The molecule has 1 fully saturated rings. The summed E-state index contributed by atoms with van der Waals surface area (Å²) in [5, 5.41) is 19.9. The minimum absolute atomic E-state index is 0.231. The Morgan fingerprint density at radius 1 is 1.18 bits per heavy atom. The first-order valence-electron chi connectivity index (χ1n) is 7.99. The van der Waals surface area contributed by atoms with Crippen LogP contribution in [-0.4, -0.2) is 31.5 Å². The van der Waals surface area contributed by atoms with Crippen molar-refractivity contribution in [2.45, 2.75) is 6.18 Å². The number of benzene rings is 2. The average molecular weight is 394 g/mol. The Hall–Kier alpha value is -3.56. The maximum Gasteiger partial charge on any atom is 0.416 e. The smallest absolute Gasteiger partial charge is 0.416 e. The monoisotopic (exact) mass is 394 g/mol. The number of halogens is 3. The van der Waals surface area contributed by atoms with Crippen molar-refractivity contribution in [3.63, 3.8) is 0 Å². The zero-order valence-corrected chi connectivity index (χ0v) is 14.5. The predicted molar refractivity (Wildman–Crippen MR) is 97.2 cm³/mol. The van der Waals surface area contributed by atoms with Gasteiger partial charge in [0.15, 0.2) is 6.40 Å². The van der Waals surface area contributed by atoms with Gasteiger partial charge in [0.2, 0.25) is 5.90 Å². The van der Waals surface area contributed by atoms with Crippen LogP contribution < -0.4 is 10.6 Å². The highest BCUT2D eigenvalue weighted by Crippen LogP contribution is 2.30. The molecule has 1 saturated heterocycles. The summed E-state index contributed by atoms with van der Waals surface area (Å²) in [6.45, 7) is 1.19. The molecule has 0 radical (unpaired) electrons. The van der Waals surface area contributed by atoms with Gasteiger partial charge in [-0.2, -0.15) is 13.2 Å². The Bertz CT molecular complexity index is 831. The van der Waals surface area contributed by atoms with Crippen LogP contribution in [-0.2, 0) is 15.7 Å². The molecule has 1 amide bonds. The van der Waals surface area contributed by atoms with E-state index in [1.807, 2.05) is 0 Å². The lowest BCUT2D eigenvalue weighted by Crippen LogP contribution is -2.11. The number of amides is 1. The molecule has 0 spiro atoms. The van der Waals surface area contributed by atoms with Gasteiger partial charge in [-0.3, -0.25) is 10.8 Å². The van der Waals surface area contributed by atoms with Crippen molar-refractivity contribution in [1.29, 1.82) is 10.8 Å². The zero-order valence-electron chi connectivity index (χ0n) is 14.5. The molecule has 0 atom stereocenters. The third kappa shape index (κ3) is 6.01. The Morgan fingerprint density at radius 3 is 2.36 bits per heavy atom. The van der Waals surface area contributed by atoms with Crippen molar-refractivity contribution < 1.29 is 27.4 Å². The number of para-hydroxylation sites is 1. The molecule has 1 heterocycles. The molecule has 3 rings (SSSR count). The van der Waals surface area contributed by atoms with Crippen molar-refractivity contribution in [2.24, 2.45) is 0 Å². The second-order valence-corrected chi connectivity index (χ2v) is 5.37. The summed E-state index contributed by atoms with van der Waals surface area (Å²) in [4.78, 5) is 9.91. The molecule has 1 aliphatic rings. The van der Waals surface area contributed by atoms with E-state index in [4.69, 9.17) is 15.6 Å². The van der Waals surface area contributed by atoms with Crippen LogP contribution >= 0.6 is 0 Å². The summed E-state index contributed by atoms with van der Waals surface area (Å²) in [6, 6.07) is 11.2. The molecule has 28 heavy (non-hydrogen) atoms. The van der Waals surface area contributed by atoms with Crippen LogP contribution in [0, 0.1) is 10.8 Å². The van der Waals surface area contributed by atoms with Crippen molar-refractivity contribution >= 4 is 29.8 Å². The lowest BCUT2D eigenvalue weighted by molar-refractivity contribution is -0.137. The average Bonchev–Trinajstić information content (AvgIpc) is 3.13. The van der Waals surface area contributed by atoms with Crippen LogP contribution in [0.2, 0.25) is 0 Å². The number of carbonyl (C=O) groups excluding carboxylic acids is 1. The van der Waals surface area contributed by atoms with Crippen LogP contribution in [0.3, 0.4) is 0 Å². The summed E-state index contributed by atoms with van der Waals surface area (Å²) >= 11 is 0. The topological polar surface area (TPSA) is 107 Å². The first-order valence-corrected chi connectivity index (χ1v) is 7.99. The highest BCUT2D eigenvalue weighted by Gasteiger charge is 2.29. The quantitative estimate of drug-likeness (QED) is 0.462. The number of ether oxygens (including phenoxy) is 2. The first kappa shape index (κ1) is 20.7. The standard InChI is InChI=1S/C15H12F3N3O.C3H5NO2/c16-15(17,18)10-5-7-11(8-6-10)21-13-4-2-1-3-12(13)14(20)22-9-19;5-3-4-1-2-6-3/h1-9,19-21H;1-2H2,(H,4,5). The van der Waals surface area contributed by atoms with Gasteiger partial charge in [-0.1, -0.05) is 12.1 Å². The van der Waals surface area contributed by atoms with Crippen molar-refractivity contribution in [3.8, 4) is 0 Å². The van der Waals surface area contributed by atoms with Gasteiger partial charge in [-0.15, -0.1) is 0 Å². The van der Waals surface area contributed by atoms with E-state index in [1.165, 1.54) is 12.1 Å². The van der Waals surface area contributed by atoms with Crippen LogP contribution in [0.25, 0.3) is 0 Å². The highest BCUT2D eigenvalue weighted by atomic mass is 19.4. The molecule has 0 saturated carbocycles. The highest BCUT2D eigenvalue weighted by molar-refractivity contribution is 6.00.